The van der Waals surface area contributed by atoms with E-state index in [0.29, 0.717) is 0 Å². The van der Waals surface area contributed by atoms with Gasteiger partial charge in [-0.3, -0.25) is 13.9 Å². The predicted octanol–water partition coefficient (Wildman–Crippen LogP) is 2.91. The molecule has 1 N–H and O–H groups in total. The number of carbonyl (C=O) groups is 2. The smallest absolute Gasteiger partial charge is 0.468 e. The zero-order chi connectivity index (χ0) is 18.2. The molecule has 0 bridgehead atoms. The lowest BCUT2D eigenvalue weighted by atomic mass is 10.1. The van der Waals surface area contributed by atoms with Gasteiger partial charge in [0.25, 0.3) is 7.52 Å². The SMILES string of the molecule is CCOC(=O)OC(C)OP(=O)(N[C@H](C(=O)OC)C(C)C)C(C)C. The standard InChI is InChI=1S/C14H28NO7P/c1-8-20-14(17)21-11(6)22-23(18,10(4)5)15-12(9(2)3)13(16)19-7/h9-12H,8H2,1-7H3,(H,15,18)/t11?,12-,23?/m0/s1. The fourth-order valence-electron chi connectivity index (χ4n) is 1.63. The molecule has 0 fully saturated rings. The maximum atomic E-state index is 13.0. The van der Waals surface area contributed by atoms with Crippen LogP contribution >= 0.6 is 7.52 Å². The number of nitrogens with one attached hydrogen (secondary N) is 1. The Morgan fingerprint density at radius 1 is 1.13 bits per heavy atom. The van der Waals surface area contributed by atoms with Gasteiger partial charge in [-0.15, -0.1) is 0 Å². The van der Waals surface area contributed by atoms with Gasteiger partial charge in [-0.05, 0) is 19.8 Å². The van der Waals surface area contributed by atoms with Crippen LogP contribution in [0.3, 0.4) is 0 Å². The highest BCUT2D eigenvalue weighted by atomic mass is 31.2. The third kappa shape index (κ3) is 7.33. The number of ether oxygens (including phenoxy) is 3. The molecule has 9 heteroatoms. The van der Waals surface area contributed by atoms with E-state index in [2.05, 4.69) is 9.82 Å². The Balaban J connectivity index is 5.08. The molecule has 0 spiro atoms. The van der Waals surface area contributed by atoms with Gasteiger partial charge in [-0.1, -0.05) is 27.7 Å². The highest BCUT2D eigenvalue weighted by molar-refractivity contribution is 7.57. The van der Waals surface area contributed by atoms with E-state index < -0.39 is 37.6 Å². The molecule has 0 heterocycles. The van der Waals surface area contributed by atoms with Gasteiger partial charge in [0.2, 0.25) is 6.29 Å². The van der Waals surface area contributed by atoms with E-state index in [1.807, 2.05) is 0 Å². The van der Waals surface area contributed by atoms with Gasteiger partial charge < -0.3 is 14.2 Å². The van der Waals surface area contributed by atoms with Crippen LogP contribution in [0.4, 0.5) is 4.79 Å². The Kier molecular flexibility index (Phi) is 9.42. The van der Waals surface area contributed by atoms with E-state index in [0.717, 1.165) is 0 Å². The van der Waals surface area contributed by atoms with Crippen molar-refractivity contribution in [3.63, 3.8) is 0 Å². The third-order valence-corrected chi connectivity index (χ3v) is 5.56. The number of rotatable bonds is 9. The summed E-state index contributed by atoms with van der Waals surface area (Å²) in [6, 6.07) is -0.803. The highest BCUT2D eigenvalue weighted by Gasteiger charge is 2.37. The first-order valence-corrected chi connectivity index (χ1v) is 9.23. The van der Waals surface area contributed by atoms with Crippen molar-refractivity contribution >= 4 is 19.6 Å². The number of hydrogen-bond acceptors (Lipinski definition) is 7. The number of hydrogen-bond donors (Lipinski definition) is 1. The van der Waals surface area contributed by atoms with Crippen LogP contribution in [0, 0.1) is 5.92 Å². The van der Waals surface area contributed by atoms with Gasteiger partial charge in [0.15, 0.2) is 0 Å². The van der Waals surface area contributed by atoms with Crippen molar-refractivity contribution in [1.82, 2.24) is 5.09 Å². The molecule has 23 heavy (non-hydrogen) atoms. The summed E-state index contributed by atoms with van der Waals surface area (Å²) in [6.07, 6.45) is -2.01. The molecular weight excluding hydrogens is 325 g/mol. The minimum absolute atomic E-state index is 0.156. The molecule has 0 amide bonds. The summed E-state index contributed by atoms with van der Waals surface area (Å²) in [5, 5.41) is 2.74. The van der Waals surface area contributed by atoms with E-state index in [1.54, 1.807) is 34.6 Å². The molecule has 0 aliphatic rings. The average molecular weight is 353 g/mol. The summed E-state index contributed by atoms with van der Waals surface area (Å²) in [5.41, 5.74) is -0.443. The molecule has 3 atom stereocenters. The van der Waals surface area contributed by atoms with E-state index in [-0.39, 0.29) is 12.5 Å². The van der Waals surface area contributed by atoms with Gasteiger partial charge in [0.1, 0.15) is 6.04 Å². The van der Waals surface area contributed by atoms with E-state index in [4.69, 9.17) is 14.0 Å². The fourth-order valence-corrected chi connectivity index (χ4v) is 3.50. The molecule has 0 aliphatic carbocycles. The molecule has 0 aromatic heterocycles. The first-order chi connectivity index (χ1) is 10.6. The second-order valence-corrected chi connectivity index (χ2v) is 8.23. The summed E-state index contributed by atoms with van der Waals surface area (Å²) in [6.45, 7) is 10.2. The van der Waals surface area contributed by atoms with E-state index >= 15 is 0 Å². The summed E-state index contributed by atoms with van der Waals surface area (Å²) >= 11 is 0. The third-order valence-electron chi connectivity index (χ3n) is 2.95. The molecule has 0 saturated heterocycles. The monoisotopic (exact) mass is 353 g/mol. The quantitative estimate of drug-likeness (QED) is 0.384. The van der Waals surface area contributed by atoms with Crippen molar-refractivity contribution in [3.8, 4) is 0 Å². The first-order valence-electron chi connectivity index (χ1n) is 7.54. The number of esters is 1. The Hall–Kier alpha value is -1.11. The predicted molar refractivity (Wildman–Crippen MR) is 85.2 cm³/mol. The number of carbonyl (C=O) groups excluding carboxylic acids is 2. The van der Waals surface area contributed by atoms with Crippen LogP contribution < -0.4 is 5.09 Å². The summed E-state index contributed by atoms with van der Waals surface area (Å²) in [5.74, 6) is -0.706. The maximum absolute atomic E-state index is 13.0. The lowest BCUT2D eigenvalue weighted by molar-refractivity contribution is -0.144. The van der Waals surface area contributed by atoms with Crippen LogP contribution in [0.5, 0.6) is 0 Å². The Bertz CT molecular complexity index is 439. The molecule has 0 saturated carbocycles. The van der Waals surface area contributed by atoms with Crippen LogP contribution in [0.25, 0.3) is 0 Å². The molecule has 0 aromatic carbocycles. The van der Waals surface area contributed by atoms with Crippen LogP contribution in [-0.2, 0) is 28.1 Å². The second-order valence-electron chi connectivity index (χ2n) is 5.54. The number of methoxy groups -OCH3 is 1. The summed E-state index contributed by atoms with van der Waals surface area (Å²) in [4.78, 5) is 23.1. The molecule has 0 aromatic rings. The van der Waals surface area contributed by atoms with Crippen molar-refractivity contribution in [2.45, 2.75) is 59.5 Å². The van der Waals surface area contributed by atoms with Crippen molar-refractivity contribution in [2.75, 3.05) is 13.7 Å². The molecule has 2 unspecified atom stereocenters. The van der Waals surface area contributed by atoms with Gasteiger partial charge in [-0.2, -0.15) is 0 Å². The molecular formula is C14H28NO7P. The van der Waals surface area contributed by atoms with Crippen molar-refractivity contribution in [3.05, 3.63) is 0 Å². The summed E-state index contributed by atoms with van der Waals surface area (Å²) in [7, 11) is -2.23. The maximum Gasteiger partial charge on any atom is 0.510 e. The van der Waals surface area contributed by atoms with Gasteiger partial charge in [0, 0.05) is 5.66 Å². The minimum Gasteiger partial charge on any atom is -0.468 e. The first kappa shape index (κ1) is 21.9. The lowest BCUT2D eigenvalue weighted by Gasteiger charge is -2.30. The Labute approximate surface area is 137 Å². The van der Waals surface area contributed by atoms with Crippen LogP contribution in [-0.4, -0.2) is 43.8 Å². The van der Waals surface area contributed by atoms with Crippen molar-refractivity contribution in [1.29, 1.82) is 0 Å². The fraction of sp³-hybridized carbons (Fsp3) is 0.857. The van der Waals surface area contributed by atoms with Gasteiger partial charge in [-0.25, -0.2) is 9.88 Å². The van der Waals surface area contributed by atoms with E-state index in [1.165, 1.54) is 14.0 Å². The van der Waals surface area contributed by atoms with Crippen molar-refractivity contribution in [2.24, 2.45) is 5.92 Å². The Morgan fingerprint density at radius 3 is 2.09 bits per heavy atom. The van der Waals surface area contributed by atoms with E-state index in [9.17, 15) is 14.2 Å². The average Bonchev–Trinajstić information content (AvgIpc) is 2.43. The largest absolute Gasteiger partial charge is 0.510 e. The van der Waals surface area contributed by atoms with Crippen LogP contribution in [0.15, 0.2) is 0 Å². The van der Waals surface area contributed by atoms with Crippen molar-refractivity contribution < 1.29 is 32.9 Å². The zero-order valence-electron chi connectivity index (χ0n) is 14.8. The molecule has 8 nitrogen and oxygen atoms in total. The second kappa shape index (κ2) is 9.90. The van der Waals surface area contributed by atoms with Gasteiger partial charge in [0.05, 0.1) is 13.7 Å². The molecule has 0 rings (SSSR count). The Morgan fingerprint density at radius 2 is 1.70 bits per heavy atom. The lowest BCUT2D eigenvalue weighted by Crippen LogP contribution is -2.42. The highest BCUT2D eigenvalue weighted by Crippen LogP contribution is 2.49. The topological polar surface area (TPSA) is 100 Å². The summed E-state index contributed by atoms with van der Waals surface area (Å²) < 4.78 is 32.6. The van der Waals surface area contributed by atoms with Crippen LogP contribution in [0.2, 0.25) is 0 Å². The molecule has 136 valence electrons. The van der Waals surface area contributed by atoms with Gasteiger partial charge >= 0.3 is 12.1 Å². The zero-order valence-corrected chi connectivity index (χ0v) is 15.7. The molecule has 0 radical (unpaired) electrons. The minimum atomic E-state index is -3.48. The molecule has 0 aliphatic heterocycles. The van der Waals surface area contributed by atoms with Crippen LogP contribution in [0.1, 0.15) is 41.5 Å². The normalized spacial score (nSPS) is 16.6.